The van der Waals surface area contributed by atoms with Gasteiger partial charge in [-0.1, -0.05) is 18.0 Å². The summed E-state index contributed by atoms with van der Waals surface area (Å²) in [5.41, 5.74) is 5.17. The predicted octanol–water partition coefficient (Wildman–Crippen LogP) is 5.85. The number of hydrazone groups is 1. The first-order valence-corrected chi connectivity index (χ1v) is 17.8. The zero-order valence-electron chi connectivity index (χ0n) is 30.1. The molecule has 0 unspecified atom stereocenters. The molecule has 0 atom stereocenters. The number of carbonyl (C=O) groups excluding carboxylic acids is 6. The van der Waals surface area contributed by atoms with Crippen LogP contribution in [-0.4, -0.2) is 83.5 Å². The Morgan fingerprint density at radius 2 is 1.43 bits per heavy atom. The lowest BCUT2D eigenvalue weighted by Crippen LogP contribution is -2.51. The molecule has 1 fully saturated rings. The zero-order chi connectivity index (χ0) is 38.4. The number of halogens is 1. The molecule has 2 aliphatic rings. The van der Waals surface area contributed by atoms with Gasteiger partial charge in [-0.05, 0) is 99.5 Å². The number of hydrogen-bond acceptors (Lipinski definition) is 9. The summed E-state index contributed by atoms with van der Waals surface area (Å²) in [6.07, 6.45) is 7.29. The van der Waals surface area contributed by atoms with Crippen LogP contribution in [0.15, 0.2) is 90.0 Å². The third kappa shape index (κ3) is 12.0. The Morgan fingerprint density at radius 3 is 2.00 bits per heavy atom. The third-order valence-corrected chi connectivity index (χ3v) is 8.78. The average Bonchev–Trinajstić information content (AvgIpc) is 3.48. The van der Waals surface area contributed by atoms with Crippen LogP contribution in [0.25, 0.3) is 0 Å². The fourth-order valence-corrected chi connectivity index (χ4v) is 5.78. The van der Waals surface area contributed by atoms with Crippen molar-refractivity contribution < 1.29 is 33.5 Å². The number of nitrogens with zero attached hydrogens (tertiary/aromatic N) is 3. The number of likely N-dealkylation sites (tertiary alicyclic amines) is 1. The molecule has 1 saturated heterocycles. The van der Waals surface area contributed by atoms with Gasteiger partial charge in [-0.2, -0.15) is 5.10 Å². The van der Waals surface area contributed by atoms with E-state index in [9.17, 15) is 28.8 Å². The van der Waals surface area contributed by atoms with Crippen molar-refractivity contribution in [1.29, 1.82) is 0 Å². The van der Waals surface area contributed by atoms with E-state index in [1.807, 2.05) is 4.90 Å². The standard InChI is InChI=1S/C23H26ClN3O3.C17H18N2O4/c1-23(2,22(29)27-14-12-19(13-15-27)26-25-3)30-20-10-6-17(7-11-20)21(28)16-4-8-18(24)9-5-16;20-12-13-5-7-14(8-6-13)18-15(21)4-2-1-3-11-19-16(22)9-10-17(19)23/h4-11,25H,12-15H2,1-3H3;5-10,12H,1-4,11H2,(H,18,21). The van der Waals surface area contributed by atoms with E-state index in [0.29, 0.717) is 72.0 Å². The predicted molar refractivity (Wildman–Crippen MR) is 203 cm³/mol. The highest BCUT2D eigenvalue weighted by molar-refractivity contribution is 6.30. The molecule has 2 aliphatic heterocycles. The molecule has 278 valence electrons. The first-order valence-electron chi connectivity index (χ1n) is 17.4. The van der Waals surface area contributed by atoms with Gasteiger partial charge >= 0.3 is 0 Å². The zero-order valence-corrected chi connectivity index (χ0v) is 30.9. The number of amides is 4. The number of imide groups is 1. The minimum Gasteiger partial charge on any atom is -0.478 e. The van der Waals surface area contributed by atoms with Crippen LogP contribution in [0.3, 0.4) is 0 Å². The Bertz CT molecular complexity index is 1810. The molecule has 0 saturated carbocycles. The highest BCUT2D eigenvalue weighted by Crippen LogP contribution is 2.24. The second kappa shape index (κ2) is 19.3. The number of nitrogens with one attached hydrogen (secondary N) is 2. The number of ketones is 1. The Hall–Kier alpha value is -5.62. The van der Waals surface area contributed by atoms with Crippen molar-refractivity contribution >= 4 is 58.7 Å². The lowest BCUT2D eigenvalue weighted by Gasteiger charge is -2.34. The molecule has 0 aliphatic carbocycles. The third-order valence-electron chi connectivity index (χ3n) is 8.53. The van der Waals surface area contributed by atoms with Gasteiger partial charge in [-0.25, -0.2) is 0 Å². The van der Waals surface area contributed by atoms with Crippen LogP contribution in [0.1, 0.15) is 78.7 Å². The molecule has 4 amide bonds. The molecule has 12 nitrogen and oxygen atoms in total. The fraction of sp³-hybridized carbons (Fsp3) is 0.325. The van der Waals surface area contributed by atoms with Gasteiger partial charge in [0.25, 0.3) is 17.7 Å². The van der Waals surface area contributed by atoms with Gasteiger partial charge in [0.15, 0.2) is 11.4 Å². The molecule has 0 aromatic heterocycles. The van der Waals surface area contributed by atoms with E-state index in [2.05, 4.69) is 15.8 Å². The highest BCUT2D eigenvalue weighted by Gasteiger charge is 2.35. The van der Waals surface area contributed by atoms with E-state index in [-0.39, 0.29) is 29.4 Å². The lowest BCUT2D eigenvalue weighted by molar-refractivity contribution is -0.145. The number of hydrogen-bond donors (Lipinski definition) is 2. The maximum absolute atomic E-state index is 13.0. The summed E-state index contributed by atoms with van der Waals surface area (Å²) in [6, 6.07) is 20.2. The quantitative estimate of drug-likeness (QED) is 0.0686. The molecular weight excluding hydrogens is 698 g/mol. The summed E-state index contributed by atoms with van der Waals surface area (Å²) in [6.45, 7) is 5.17. The molecule has 13 heteroatoms. The van der Waals surface area contributed by atoms with Gasteiger partial charge in [-0.3, -0.25) is 33.7 Å². The van der Waals surface area contributed by atoms with E-state index in [4.69, 9.17) is 16.3 Å². The molecule has 0 radical (unpaired) electrons. The summed E-state index contributed by atoms with van der Waals surface area (Å²) in [5.74, 6) is -0.263. The number of aldehydes is 1. The smallest absolute Gasteiger partial charge is 0.266 e. The molecule has 53 heavy (non-hydrogen) atoms. The number of carbonyl (C=O) groups is 6. The molecule has 0 spiro atoms. The summed E-state index contributed by atoms with van der Waals surface area (Å²) in [4.78, 5) is 73.6. The van der Waals surface area contributed by atoms with Crippen molar-refractivity contribution in [3.8, 4) is 5.75 Å². The minimum atomic E-state index is -1.01. The summed E-state index contributed by atoms with van der Waals surface area (Å²) < 4.78 is 5.98. The van der Waals surface area contributed by atoms with Gasteiger partial charge < -0.3 is 20.4 Å². The Labute approximate surface area is 314 Å². The van der Waals surface area contributed by atoms with Crippen LogP contribution in [0, 0.1) is 0 Å². The molecule has 3 aromatic carbocycles. The van der Waals surface area contributed by atoms with E-state index < -0.39 is 5.60 Å². The maximum Gasteiger partial charge on any atom is 0.266 e. The molecule has 3 aromatic rings. The highest BCUT2D eigenvalue weighted by atomic mass is 35.5. The maximum atomic E-state index is 13.0. The van der Waals surface area contributed by atoms with Crippen molar-refractivity contribution in [3.63, 3.8) is 0 Å². The van der Waals surface area contributed by atoms with Gasteiger partial charge in [0.05, 0.1) is 0 Å². The van der Waals surface area contributed by atoms with Crippen LogP contribution in [0.5, 0.6) is 5.75 Å². The van der Waals surface area contributed by atoms with Crippen molar-refractivity contribution in [3.05, 3.63) is 107 Å². The molecule has 2 heterocycles. The monoisotopic (exact) mass is 741 g/mol. The molecular formula is C40H44ClN5O7. The van der Waals surface area contributed by atoms with Gasteiger partial charge in [0, 0.05) is 91.2 Å². The molecule has 0 bridgehead atoms. The largest absolute Gasteiger partial charge is 0.478 e. The first-order chi connectivity index (χ1) is 25.4. The Morgan fingerprint density at radius 1 is 0.849 bits per heavy atom. The van der Waals surface area contributed by atoms with Gasteiger partial charge in [0.2, 0.25) is 5.91 Å². The van der Waals surface area contributed by atoms with Crippen molar-refractivity contribution in [2.75, 3.05) is 32.0 Å². The van der Waals surface area contributed by atoms with Gasteiger partial charge in [-0.15, -0.1) is 0 Å². The Kier molecular flexibility index (Phi) is 14.6. The summed E-state index contributed by atoms with van der Waals surface area (Å²) in [5, 5.41) is 7.56. The molecule has 5 rings (SSSR count). The van der Waals surface area contributed by atoms with E-state index in [1.165, 1.54) is 17.1 Å². The number of anilines is 1. The Balaban J connectivity index is 0.000000245. The van der Waals surface area contributed by atoms with E-state index in [0.717, 1.165) is 31.3 Å². The number of rotatable bonds is 14. The lowest BCUT2D eigenvalue weighted by atomic mass is 10.0. The number of ether oxygens (including phenoxy) is 1. The van der Waals surface area contributed by atoms with Crippen LogP contribution in [0.2, 0.25) is 5.02 Å². The second-order valence-electron chi connectivity index (χ2n) is 12.9. The topological polar surface area (TPSA) is 155 Å². The van der Waals surface area contributed by atoms with Crippen LogP contribution < -0.4 is 15.5 Å². The van der Waals surface area contributed by atoms with Crippen LogP contribution >= 0.6 is 11.6 Å². The van der Waals surface area contributed by atoms with E-state index >= 15 is 0 Å². The SMILES string of the molecule is CNN=C1CCN(C(=O)C(C)(C)Oc2ccc(C(=O)c3ccc(Cl)cc3)cc2)CC1.O=Cc1ccc(NC(=O)CCCCCN2C(=O)C=CC2=O)cc1. The second-order valence-corrected chi connectivity index (χ2v) is 13.4. The number of unbranched alkanes of at least 4 members (excludes halogenated alkanes) is 2. The van der Waals surface area contributed by atoms with Crippen molar-refractivity contribution in [2.45, 2.75) is 58.0 Å². The first kappa shape index (κ1) is 40.2. The number of piperidine rings is 1. The van der Waals surface area contributed by atoms with Gasteiger partial charge in [0.1, 0.15) is 12.0 Å². The van der Waals surface area contributed by atoms with Crippen LogP contribution in [0.4, 0.5) is 5.69 Å². The van der Waals surface area contributed by atoms with E-state index in [1.54, 1.807) is 93.7 Å². The van der Waals surface area contributed by atoms with Crippen molar-refractivity contribution in [2.24, 2.45) is 5.10 Å². The normalized spacial score (nSPS) is 13.9. The fourth-order valence-electron chi connectivity index (χ4n) is 5.65. The summed E-state index contributed by atoms with van der Waals surface area (Å²) >= 11 is 5.88. The van der Waals surface area contributed by atoms with Crippen molar-refractivity contribution in [1.82, 2.24) is 15.2 Å². The molecule has 2 N–H and O–H groups in total. The average molecular weight is 742 g/mol. The minimum absolute atomic E-state index is 0.0627. The summed E-state index contributed by atoms with van der Waals surface area (Å²) in [7, 11) is 1.77. The number of benzene rings is 3. The van der Waals surface area contributed by atoms with Crippen LogP contribution in [-0.2, 0) is 19.2 Å².